The lowest BCUT2D eigenvalue weighted by molar-refractivity contribution is 0.0939. The highest BCUT2D eigenvalue weighted by Gasteiger charge is 2.17. The van der Waals surface area contributed by atoms with Crippen molar-refractivity contribution in [3.8, 4) is 22.8 Å². The summed E-state index contributed by atoms with van der Waals surface area (Å²) < 4.78 is 11.2. The van der Waals surface area contributed by atoms with Gasteiger partial charge in [0.25, 0.3) is 5.91 Å². The molecule has 0 fully saturated rings. The van der Waals surface area contributed by atoms with Gasteiger partial charge in [0.05, 0.1) is 11.7 Å². The summed E-state index contributed by atoms with van der Waals surface area (Å²) in [5.41, 5.74) is 5.48. The van der Waals surface area contributed by atoms with Crippen molar-refractivity contribution >= 4 is 5.91 Å². The van der Waals surface area contributed by atoms with E-state index in [0.29, 0.717) is 18.8 Å². The lowest BCUT2D eigenvalue weighted by Crippen LogP contribution is -2.26. The number of hydrogen-bond donors (Lipinski definition) is 1. The summed E-state index contributed by atoms with van der Waals surface area (Å²) in [6, 6.07) is 17.2. The number of aromatic nitrogens is 1. The summed E-state index contributed by atoms with van der Waals surface area (Å²) in [7, 11) is 0. The van der Waals surface area contributed by atoms with E-state index in [1.54, 1.807) is 0 Å². The lowest BCUT2D eigenvalue weighted by atomic mass is 10.0. The van der Waals surface area contributed by atoms with Crippen molar-refractivity contribution in [1.82, 2.24) is 10.3 Å². The molecule has 0 aliphatic carbocycles. The number of hydrogen-bond acceptors (Lipinski definition) is 4. The highest BCUT2D eigenvalue weighted by Crippen LogP contribution is 2.32. The monoisotopic (exact) mass is 388 g/mol. The Morgan fingerprint density at radius 1 is 1.00 bits per heavy atom. The molecule has 1 aliphatic heterocycles. The highest BCUT2D eigenvalue weighted by atomic mass is 16.6. The van der Waals surface area contributed by atoms with Crippen LogP contribution in [0.25, 0.3) is 11.3 Å². The summed E-state index contributed by atoms with van der Waals surface area (Å²) in [6.45, 7) is 7.07. The van der Waals surface area contributed by atoms with E-state index in [4.69, 9.17) is 9.47 Å². The number of carbonyl (C=O) groups excluding carboxylic acids is 1. The molecule has 3 aromatic rings. The number of rotatable bonds is 4. The molecule has 2 aromatic carbocycles. The number of fused-ring (bicyclic) bond motifs is 1. The van der Waals surface area contributed by atoms with Crippen molar-refractivity contribution in [2.24, 2.45) is 0 Å². The smallest absolute Gasteiger partial charge is 0.251 e. The summed E-state index contributed by atoms with van der Waals surface area (Å²) >= 11 is 0. The lowest BCUT2D eigenvalue weighted by Gasteiger charge is -2.21. The molecule has 29 heavy (non-hydrogen) atoms. The number of aryl methyl sites for hydroxylation is 2. The first-order valence-electron chi connectivity index (χ1n) is 9.76. The second-order valence-corrected chi connectivity index (χ2v) is 7.35. The third-order valence-electron chi connectivity index (χ3n) is 4.93. The molecule has 1 atom stereocenters. The number of carbonyl (C=O) groups is 1. The molecule has 148 valence electrons. The predicted molar refractivity (Wildman–Crippen MR) is 112 cm³/mol. The number of pyridine rings is 1. The first kappa shape index (κ1) is 19.0. The van der Waals surface area contributed by atoms with Crippen molar-refractivity contribution < 1.29 is 14.3 Å². The maximum atomic E-state index is 12.8. The van der Waals surface area contributed by atoms with Crippen LogP contribution >= 0.6 is 0 Å². The second kappa shape index (κ2) is 7.95. The van der Waals surface area contributed by atoms with Gasteiger partial charge in [0.1, 0.15) is 13.2 Å². The molecular weight excluding hydrogens is 364 g/mol. The molecule has 1 aromatic heterocycles. The molecule has 5 heteroatoms. The van der Waals surface area contributed by atoms with Gasteiger partial charge in [-0.3, -0.25) is 9.78 Å². The molecule has 0 saturated carbocycles. The van der Waals surface area contributed by atoms with Crippen molar-refractivity contribution in [2.75, 3.05) is 13.2 Å². The third kappa shape index (κ3) is 4.24. The quantitative estimate of drug-likeness (QED) is 0.708. The van der Waals surface area contributed by atoms with Crippen LogP contribution in [0.5, 0.6) is 11.5 Å². The van der Waals surface area contributed by atoms with E-state index in [0.717, 1.165) is 39.6 Å². The molecule has 1 aliphatic rings. The van der Waals surface area contributed by atoms with Gasteiger partial charge in [-0.25, -0.2) is 0 Å². The third-order valence-corrected chi connectivity index (χ3v) is 4.93. The molecule has 0 radical (unpaired) electrons. The van der Waals surface area contributed by atoms with Crippen LogP contribution in [0.15, 0.2) is 54.6 Å². The SMILES string of the molecule is Cc1cc(C)nc(-c2cccc(C(=O)N[C@@H](C)c3ccc4c(c3)OCCO4)c2)c1. The Morgan fingerprint density at radius 3 is 2.59 bits per heavy atom. The summed E-state index contributed by atoms with van der Waals surface area (Å²) in [6.07, 6.45) is 0. The van der Waals surface area contributed by atoms with Crippen LogP contribution < -0.4 is 14.8 Å². The van der Waals surface area contributed by atoms with Gasteiger partial charge in [0.2, 0.25) is 0 Å². The molecule has 2 heterocycles. The number of nitrogens with one attached hydrogen (secondary N) is 1. The average Bonchev–Trinajstić information content (AvgIpc) is 2.72. The van der Waals surface area contributed by atoms with Crippen LogP contribution in [-0.2, 0) is 0 Å². The van der Waals surface area contributed by atoms with Crippen molar-refractivity contribution in [1.29, 1.82) is 0 Å². The fourth-order valence-electron chi connectivity index (χ4n) is 3.50. The fraction of sp³-hybridized carbons (Fsp3) is 0.250. The van der Waals surface area contributed by atoms with E-state index in [-0.39, 0.29) is 11.9 Å². The number of amides is 1. The number of nitrogens with zero attached hydrogens (tertiary/aromatic N) is 1. The van der Waals surface area contributed by atoms with Crippen molar-refractivity contribution in [3.63, 3.8) is 0 Å². The number of ether oxygens (including phenoxy) is 2. The zero-order chi connectivity index (χ0) is 20.4. The Morgan fingerprint density at radius 2 is 1.79 bits per heavy atom. The second-order valence-electron chi connectivity index (χ2n) is 7.35. The topological polar surface area (TPSA) is 60.5 Å². The van der Waals surface area contributed by atoms with Crippen LogP contribution in [0, 0.1) is 13.8 Å². The van der Waals surface area contributed by atoms with Gasteiger partial charge in [-0.15, -0.1) is 0 Å². The van der Waals surface area contributed by atoms with Crippen molar-refractivity contribution in [3.05, 3.63) is 77.0 Å². The van der Waals surface area contributed by atoms with Gasteiger partial charge in [0.15, 0.2) is 11.5 Å². The molecule has 4 rings (SSSR count). The Hall–Kier alpha value is -3.34. The molecule has 1 amide bonds. The van der Waals surface area contributed by atoms with Gasteiger partial charge < -0.3 is 14.8 Å². The molecule has 1 N–H and O–H groups in total. The first-order valence-corrected chi connectivity index (χ1v) is 9.76. The maximum absolute atomic E-state index is 12.8. The Balaban J connectivity index is 1.52. The minimum Gasteiger partial charge on any atom is -0.486 e. The van der Waals surface area contributed by atoms with Gasteiger partial charge in [-0.05, 0) is 68.3 Å². The van der Waals surface area contributed by atoms with Gasteiger partial charge in [-0.2, -0.15) is 0 Å². The Bertz CT molecular complexity index is 1040. The normalized spacial score (nSPS) is 13.6. The fourth-order valence-corrected chi connectivity index (χ4v) is 3.50. The zero-order valence-electron chi connectivity index (χ0n) is 16.9. The minimum absolute atomic E-state index is 0.126. The van der Waals surface area contributed by atoms with Crippen LogP contribution in [-0.4, -0.2) is 24.1 Å². The molecule has 0 saturated heterocycles. The average molecular weight is 388 g/mol. The molecule has 5 nitrogen and oxygen atoms in total. The van der Waals surface area contributed by atoms with Crippen LogP contribution in [0.4, 0.5) is 0 Å². The summed E-state index contributed by atoms with van der Waals surface area (Å²) in [5.74, 6) is 1.34. The standard InChI is InChI=1S/C24H24N2O3/c1-15-11-16(2)25-21(12-15)19-5-4-6-20(13-19)24(27)26-17(3)18-7-8-22-23(14-18)29-10-9-28-22/h4-8,11-14,17H,9-10H2,1-3H3,(H,26,27)/t17-/m0/s1. The van der Waals surface area contributed by atoms with Gasteiger partial charge in [0, 0.05) is 16.8 Å². The van der Waals surface area contributed by atoms with Crippen molar-refractivity contribution in [2.45, 2.75) is 26.8 Å². The summed E-state index contributed by atoms with van der Waals surface area (Å²) in [5, 5.41) is 3.06. The predicted octanol–water partition coefficient (Wildman–Crippen LogP) is 4.63. The molecule has 0 bridgehead atoms. The van der Waals surface area contributed by atoms with E-state index in [9.17, 15) is 4.79 Å². The van der Waals surface area contributed by atoms with Crippen LogP contribution in [0.1, 0.15) is 40.1 Å². The minimum atomic E-state index is -0.165. The first-order chi connectivity index (χ1) is 14.0. The molecule has 0 spiro atoms. The van der Waals surface area contributed by atoms with E-state index >= 15 is 0 Å². The van der Waals surface area contributed by atoms with E-state index in [1.807, 2.05) is 75.4 Å². The zero-order valence-corrected chi connectivity index (χ0v) is 16.9. The molecular formula is C24H24N2O3. The van der Waals surface area contributed by atoms with E-state index in [2.05, 4.69) is 10.3 Å². The van der Waals surface area contributed by atoms with Gasteiger partial charge >= 0.3 is 0 Å². The van der Waals surface area contributed by atoms with E-state index < -0.39 is 0 Å². The maximum Gasteiger partial charge on any atom is 0.251 e. The molecule has 0 unspecified atom stereocenters. The van der Waals surface area contributed by atoms with Gasteiger partial charge in [-0.1, -0.05) is 18.2 Å². The largest absolute Gasteiger partial charge is 0.486 e. The van der Waals surface area contributed by atoms with Crippen LogP contribution in [0.2, 0.25) is 0 Å². The Labute approximate surface area is 170 Å². The number of benzene rings is 2. The summed E-state index contributed by atoms with van der Waals surface area (Å²) in [4.78, 5) is 17.4. The highest BCUT2D eigenvalue weighted by molar-refractivity contribution is 5.95. The van der Waals surface area contributed by atoms with E-state index in [1.165, 1.54) is 0 Å². The Kier molecular flexibility index (Phi) is 5.21. The van der Waals surface area contributed by atoms with Crippen LogP contribution in [0.3, 0.4) is 0 Å².